The van der Waals surface area contributed by atoms with Gasteiger partial charge in [0.2, 0.25) is 11.8 Å². The second-order valence-corrected chi connectivity index (χ2v) is 10.5. The normalized spacial score (nSPS) is 23.7. The van der Waals surface area contributed by atoms with Gasteiger partial charge in [0.05, 0.1) is 42.2 Å². The Hall–Kier alpha value is -3.45. The molecule has 6 rings (SSSR count). The van der Waals surface area contributed by atoms with Crippen LogP contribution in [0, 0.1) is 5.92 Å². The summed E-state index contributed by atoms with van der Waals surface area (Å²) < 4.78 is 11.0. The Bertz CT molecular complexity index is 1390. The molecular weight excluding hydrogens is 508 g/mol. The molecule has 198 valence electrons. The average molecular weight is 537 g/mol. The molecule has 0 aliphatic carbocycles. The zero-order valence-electron chi connectivity index (χ0n) is 20.7. The highest BCUT2D eigenvalue weighted by atomic mass is 32.2. The number of ether oxygens (including phenoxy) is 2. The Labute approximate surface area is 223 Å². The van der Waals surface area contributed by atoms with Crippen molar-refractivity contribution < 1.29 is 24.2 Å². The zero-order valence-corrected chi connectivity index (χ0v) is 21.5. The number of pyridine rings is 2. The molecule has 2 saturated heterocycles. The fraction of sp³-hybridized carbons (Fsp3) is 0.385. The number of aliphatic hydroxyl groups is 1. The standard InChI is InChI=1S/C26H28N6O5S/c1-36-23-5-3-18-25(31-23)16(6-7-28-18)24(17-10-27-11-20(17)33)29-9-15-12-32(26(35)37-15)14-2-4-21-19(8-14)30-22(34)13-38-21/h2-8,15,17,20,24,27,29,33H,9-13H2,1H3,(H,30,34)/t15?,17-,20+,24?/m0/s1. The highest BCUT2D eigenvalue weighted by molar-refractivity contribution is 8.00. The van der Waals surface area contributed by atoms with Crippen LogP contribution >= 0.6 is 11.8 Å². The van der Waals surface area contributed by atoms with Crippen LogP contribution in [0.5, 0.6) is 5.88 Å². The average Bonchev–Trinajstić information content (AvgIpc) is 3.53. The van der Waals surface area contributed by atoms with E-state index < -0.39 is 18.3 Å². The van der Waals surface area contributed by atoms with Gasteiger partial charge in [0.15, 0.2) is 0 Å². The molecule has 38 heavy (non-hydrogen) atoms. The molecule has 4 atom stereocenters. The van der Waals surface area contributed by atoms with Crippen molar-refractivity contribution >= 4 is 46.2 Å². The molecule has 2 aromatic heterocycles. The van der Waals surface area contributed by atoms with Crippen molar-refractivity contribution in [2.75, 3.05) is 49.3 Å². The first kappa shape index (κ1) is 24.9. The number of amides is 2. The molecule has 2 fully saturated rings. The number of benzene rings is 1. The SMILES string of the molecule is COc1ccc2nccc(C(NCC3CN(c4ccc5c(c4)NC(=O)CS5)C(=O)O3)[C@H]3CNC[C@H]3O)c2n1. The van der Waals surface area contributed by atoms with Crippen molar-refractivity contribution in [3.8, 4) is 5.88 Å². The van der Waals surface area contributed by atoms with Gasteiger partial charge in [-0.2, -0.15) is 0 Å². The summed E-state index contributed by atoms with van der Waals surface area (Å²) in [6.45, 7) is 1.86. The van der Waals surface area contributed by atoms with Crippen molar-refractivity contribution in [2.45, 2.75) is 23.1 Å². The van der Waals surface area contributed by atoms with Crippen LogP contribution in [0.25, 0.3) is 11.0 Å². The molecule has 0 saturated carbocycles. The van der Waals surface area contributed by atoms with Crippen molar-refractivity contribution in [3.05, 3.63) is 48.2 Å². The van der Waals surface area contributed by atoms with Crippen molar-refractivity contribution in [1.82, 2.24) is 20.6 Å². The highest BCUT2D eigenvalue weighted by Crippen LogP contribution is 2.36. The monoisotopic (exact) mass is 536 g/mol. The van der Waals surface area contributed by atoms with Crippen LogP contribution in [0.15, 0.2) is 47.5 Å². The Balaban J connectivity index is 1.22. The molecule has 0 radical (unpaired) electrons. The lowest BCUT2D eigenvalue weighted by molar-refractivity contribution is -0.113. The van der Waals surface area contributed by atoms with E-state index in [-0.39, 0.29) is 17.9 Å². The molecular formula is C26H28N6O5S. The first-order valence-electron chi connectivity index (χ1n) is 12.5. The number of methoxy groups -OCH3 is 1. The van der Waals surface area contributed by atoms with Crippen LogP contribution in [-0.2, 0) is 9.53 Å². The summed E-state index contributed by atoms with van der Waals surface area (Å²) >= 11 is 1.47. The van der Waals surface area contributed by atoms with Crippen LogP contribution in [0.2, 0.25) is 0 Å². The number of nitrogens with one attached hydrogen (secondary N) is 3. The predicted molar refractivity (Wildman–Crippen MR) is 143 cm³/mol. The number of β-amino-alcohol motifs (C(OH)–C–C–N with tert-alkyl or cyclic N) is 1. The number of cyclic esters (lactones) is 1. The Morgan fingerprint density at radius 3 is 2.97 bits per heavy atom. The van der Waals surface area contributed by atoms with Gasteiger partial charge < -0.3 is 30.5 Å². The van der Waals surface area contributed by atoms with Crippen LogP contribution in [0.1, 0.15) is 11.6 Å². The zero-order chi connectivity index (χ0) is 26.2. The van der Waals surface area contributed by atoms with E-state index in [0.717, 1.165) is 16.0 Å². The van der Waals surface area contributed by atoms with Crippen LogP contribution < -0.4 is 25.6 Å². The summed E-state index contributed by atoms with van der Waals surface area (Å²) in [5, 5.41) is 20.4. The fourth-order valence-corrected chi connectivity index (χ4v) is 6.03. The lowest BCUT2D eigenvalue weighted by atomic mass is 9.89. The van der Waals surface area contributed by atoms with Crippen LogP contribution in [0.4, 0.5) is 16.2 Å². The number of carbonyl (C=O) groups is 2. The van der Waals surface area contributed by atoms with E-state index in [0.29, 0.717) is 54.7 Å². The summed E-state index contributed by atoms with van der Waals surface area (Å²) in [4.78, 5) is 36.2. The molecule has 0 spiro atoms. The Morgan fingerprint density at radius 1 is 1.26 bits per heavy atom. The van der Waals surface area contributed by atoms with Crippen LogP contribution in [0.3, 0.4) is 0 Å². The number of fused-ring (bicyclic) bond motifs is 2. The van der Waals surface area contributed by atoms with Gasteiger partial charge in [-0.3, -0.25) is 14.7 Å². The minimum absolute atomic E-state index is 0.0592. The van der Waals surface area contributed by atoms with Gasteiger partial charge in [0, 0.05) is 54.4 Å². The van der Waals surface area contributed by atoms with Gasteiger partial charge >= 0.3 is 6.09 Å². The molecule has 3 aliphatic heterocycles. The summed E-state index contributed by atoms with van der Waals surface area (Å²) in [5.74, 6) is 0.683. The van der Waals surface area contributed by atoms with E-state index in [1.54, 1.807) is 24.3 Å². The largest absolute Gasteiger partial charge is 0.481 e. The topological polar surface area (TPSA) is 138 Å². The van der Waals surface area contributed by atoms with Crippen LogP contribution in [-0.4, -0.2) is 78.3 Å². The number of aliphatic hydroxyl groups excluding tert-OH is 1. The molecule has 2 unspecified atom stereocenters. The molecule has 2 amide bonds. The summed E-state index contributed by atoms with van der Waals surface area (Å²) in [5.41, 5.74) is 3.69. The third-order valence-electron chi connectivity index (χ3n) is 7.14. The number of anilines is 2. The number of carbonyl (C=O) groups excluding carboxylic acids is 2. The third kappa shape index (κ3) is 4.75. The van der Waals surface area contributed by atoms with Gasteiger partial charge in [-0.15, -0.1) is 11.8 Å². The van der Waals surface area contributed by atoms with E-state index >= 15 is 0 Å². The van der Waals surface area contributed by atoms with Crippen molar-refractivity contribution in [1.29, 1.82) is 0 Å². The minimum Gasteiger partial charge on any atom is -0.481 e. The third-order valence-corrected chi connectivity index (χ3v) is 8.21. The molecule has 3 aliphatic rings. The second-order valence-electron chi connectivity index (χ2n) is 9.53. The number of rotatable bonds is 7. The van der Waals surface area contributed by atoms with E-state index in [4.69, 9.17) is 9.47 Å². The number of nitrogens with zero attached hydrogens (tertiary/aromatic N) is 3. The second kappa shape index (κ2) is 10.4. The van der Waals surface area contributed by atoms with E-state index in [1.165, 1.54) is 11.8 Å². The van der Waals surface area contributed by atoms with E-state index in [2.05, 4.69) is 25.9 Å². The fourth-order valence-electron chi connectivity index (χ4n) is 5.25. The number of hydrogen-bond acceptors (Lipinski definition) is 10. The number of hydrogen-bond donors (Lipinski definition) is 4. The Kier molecular flexibility index (Phi) is 6.78. The molecule has 0 bridgehead atoms. The van der Waals surface area contributed by atoms with E-state index in [9.17, 15) is 14.7 Å². The quantitative estimate of drug-likeness (QED) is 0.354. The summed E-state index contributed by atoms with van der Waals surface area (Å²) in [6.07, 6.45) is 0.339. The maximum atomic E-state index is 12.8. The van der Waals surface area contributed by atoms with Crippen molar-refractivity contribution in [3.63, 3.8) is 0 Å². The lowest BCUT2D eigenvalue weighted by Crippen LogP contribution is -2.39. The summed E-state index contributed by atoms with van der Waals surface area (Å²) in [7, 11) is 1.57. The number of aromatic nitrogens is 2. The molecule has 3 aromatic rings. The maximum absolute atomic E-state index is 12.8. The Morgan fingerprint density at radius 2 is 2.16 bits per heavy atom. The molecule has 11 nitrogen and oxygen atoms in total. The molecule has 5 heterocycles. The summed E-state index contributed by atoms with van der Waals surface area (Å²) in [6, 6.07) is 10.9. The van der Waals surface area contributed by atoms with Gasteiger partial charge in [-0.25, -0.2) is 9.78 Å². The predicted octanol–water partition coefficient (Wildman–Crippen LogP) is 1.92. The van der Waals surface area contributed by atoms with Gasteiger partial charge in [0.25, 0.3) is 0 Å². The maximum Gasteiger partial charge on any atom is 0.414 e. The first-order chi connectivity index (χ1) is 18.5. The highest BCUT2D eigenvalue weighted by Gasteiger charge is 2.37. The van der Waals surface area contributed by atoms with E-state index in [1.807, 2.05) is 30.3 Å². The number of thioether (sulfide) groups is 1. The van der Waals surface area contributed by atoms with Gasteiger partial charge in [-0.1, -0.05) is 0 Å². The van der Waals surface area contributed by atoms with Gasteiger partial charge in [-0.05, 0) is 35.9 Å². The molecule has 4 N–H and O–H groups in total. The lowest BCUT2D eigenvalue weighted by Gasteiger charge is -2.28. The smallest absolute Gasteiger partial charge is 0.414 e. The molecule has 1 aromatic carbocycles. The minimum atomic E-state index is -0.549. The van der Waals surface area contributed by atoms with Crippen molar-refractivity contribution in [2.24, 2.45) is 5.92 Å². The molecule has 12 heteroatoms. The first-order valence-corrected chi connectivity index (χ1v) is 13.5. The van der Waals surface area contributed by atoms with Gasteiger partial charge in [0.1, 0.15) is 6.10 Å².